The van der Waals surface area contributed by atoms with Gasteiger partial charge in [0.1, 0.15) is 17.4 Å². The summed E-state index contributed by atoms with van der Waals surface area (Å²) in [6.45, 7) is 0. The van der Waals surface area contributed by atoms with Crippen molar-refractivity contribution in [2.45, 2.75) is 24.7 Å². The molecular weight excluding hydrogens is 431 g/mol. The lowest BCUT2D eigenvalue weighted by molar-refractivity contribution is -0.117. The van der Waals surface area contributed by atoms with Crippen LogP contribution in [0.4, 0.5) is 0 Å². The lowest BCUT2D eigenvalue weighted by atomic mass is 9.73. The number of nitriles is 1. The maximum atomic E-state index is 13.2. The molecule has 1 aliphatic carbocycles. The number of nitrogens with two attached hydrogens (primary N) is 1. The van der Waals surface area contributed by atoms with Gasteiger partial charge in [-0.2, -0.15) is 5.26 Å². The molecule has 0 saturated carbocycles. The molecule has 0 fully saturated rings. The highest BCUT2D eigenvalue weighted by atomic mass is 35.5. The van der Waals surface area contributed by atoms with Gasteiger partial charge in [0.15, 0.2) is 5.78 Å². The Kier molecular flexibility index (Phi) is 5.31. The molecule has 0 saturated heterocycles. The van der Waals surface area contributed by atoms with Gasteiger partial charge in [-0.25, -0.2) is 0 Å². The zero-order chi connectivity index (χ0) is 20.7. The molecule has 1 heterocycles. The summed E-state index contributed by atoms with van der Waals surface area (Å²) >= 11 is 18.2. The summed E-state index contributed by atoms with van der Waals surface area (Å²) in [7, 11) is 0. The molecule has 0 amide bonds. The molecule has 0 radical (unpaired) electrons. The molecule has 2 aromatic rings. The van der Waals surface area contributed by atoms with Crippen LogP contribution in [0.5, 0.6) is 0 Å². The van der Waals surface area contributed by atoms with Crippen LogP contribution in [0, 0.1) is 11.3 Å². The first-order valence-electron chi connectivity index (χ1n) is 8.93. The standard InChI is InChI=1S/C22H15Cl3N2O2/c23-14-4-1-11(2-5-14)13-8-18(28)21-19(9-13)29-22(27)15(10-26)20(21)12-3-6-16(24)17(25)7-12/h1-7,13,20H,8-9,27H2/t13-,20-/m1/s1. The summed E-state index contributed by atoms with van der Waals surface area (Å²) in [6, 6.07) is 14.6. The minimum Gasteiger partial charge on any atom is -0.444 e. The van der Waals surface area contributed by atoms with Gasteiger partial charge in [-0.15, -0.1) is 0 Å². The van der Waals surface area contributed by atoms with Crippen molar-refractivity contribution in [3.63, 3.8) is 0 Å². The Balaban J connectivity index is 1.79. The monoisotopic (exact) mass is 444 g/mol. The molecule has 2 atom stereocenters. The molecule has 2 N–H and O–H groups in total. The number of hydrogen-bond acceptors (Lipinski definition) is 4. The second kappa shape index (κ2) is 7.76. The molecule has 0 unspecified atom stereocenters. The molecule has 1 aliphatic heterocycles. The zero-order valence-electron chi connectivity index (χ0n) is 15.1. The van der Waals surface area contributed by atoms with Gasteiger partial charge in [0.2, 0.25) is 5.88 Å². The van der Waals surface area contributed by atoms with Crippen molar-refractivity contribution in [1.29, 1.82) is 5.26 Å². The third-order valence-corrected chi connectivity index (χ3v) is 6.27. The molecule has 4 nitrogen and oxygen atoms in total. The van der Waals surface area contributed by atoms with E-state index in [-0.39, 0.29) is 23.2 Å². The van der Waals surface area contributed by atoms with Crippen LogP contribution in [0.2, 0.25) is 15.1 Å². The van der Waals surface area contributed by atoms with Crippen molar-refractivity contribution < 1.29 is 9.53 Å². The summed E-state index contributed by atoms with van der Waals surface area (Å²) < 4.78 is 5.75. The molecule has 2 aliphatic rings. The quantitative estimate of drug-likeness (QED) is 0.628. The van der Waals surface area contributed by atoms with Crippen molar-refractivity contribution in [3.05, 3.63) is 91.4 Å². The molecule has 0 aromatic heterocycles. The van der Waals surface area contributed by atoms with Gasteiger partial charge in [-0.1, -0.05) is 53.0 Å². The summed E-state index contributed by atoms with van der Waals surface area (Å²) in [5.74, 6) is -0.259. The number of halogens is 3. The first kappa shape index (κ1) is 19.8. The van der Waals surface area contributed by atoms with E-state index in [1.807, 2.05) is 12.1 Å². The Hall–Kier alpha value is -2.45. The van der Waals surface area contributed by atoms with Gasteiger partial charge >= 0.3 is 0 Å². The van der Waals surface area contributed by atoms with E-state index < -0.39 is 5.92 Å². The van der Waals surface area contributed by atoms with Crippen molar-refractivity contribution >= 4 is 40.6 Å². The van der Waals surface area contributed by atoms with E-state index in [9.17, 15) is 10.1 Å². The van der Waals surface area contributed by atoms with Gasteiger partial charge in [-0.05, 0) is 41.3 Å². The van der Waals surface area contributed by atoms with Gasteiger partial charge in [0.25, 0.3) is 0 Å². The largest absolute Gasteiger partial charge is 0.444 e. The second-order valence-corrected chi connectivity index (χ2v) is 8.27. The number of carbonyl (C=O) groups is 1. The van der Waals surface area contributed by atoms with Gasteiger partial charge in [-0.3, -0.25) is 4.79 Å². The molecule has 7 heteroatoms. The maximum Gasteiger partial charge on any atom is 0.205 e. The average molecular weight is 446 g/mol. The fourth-order valence-electron chi connectivity index (χ4n) is 3.90. The second-order valence-electron chi connectivity index (χ2n) is 7.02. The smallest absolute Gasteiger partial charge is 0.205 e. The Morgan fingerprint density at radius 1 is 1.00 bits per heavy atom. The highest BCUT2D eigenvalue weighted by Crippen LogP contribution is 2.47. The first-order chi connectivity index (χ1) is 13.9. The van der Waals surface area contributed by atoms with E-state index in [0.717, 1.165) is 5.56 Å². The normalized spacial score (nSPS) is 21.5. The molecule has 29 heavy (non-hydrogen) atoms. The number of Topliss-reactive ketones (excluding diaryl/α,β-unsaturated/α-hetero) is 1. The Bertz CT molecular complexity index is 1110. The fraction of sp³-hybridized carbons (Fsp3) is 0.182. The van der Waals surface area contributed by atoms with Crippen LogP contribution in [0.15, 0.2) is 65.3 Å². The topological polar surface area (TPSA) is 76.1 Å². The van der Waals surface area contributed by atoms with Crippen molar-refractivity contribution in [1.82, 2.24) is 0 Å². The van der Waals surface area contributed by atoms with E-state index in [0.29, 0.717) is 44.8 Å². The third-order valence-electron chi connectivity index (χ3n) is 5.28. The van der Waals surface area contributed by atoms with E-state index in [2.05, 4.69) is 6.07 Å². The highest BCUT2D eigenvalue weighted by molar-refractivity contribution is 6.42. The first-order valence-corrected chi connectivity index (χ1v) is 10.1. The van der Waals surface area contributed by atoms with E-state index in [4.69, 9.17) is 45.3 Å². The molecular formula is C22H15Cl3N2O2. The van der Waals surface area contributed by atoms with Crippen LogP contribution in [-0.4, -0.2) is 5.78 Å². The minimum atomic E-state index is -0.628. The molecule has 146 valence electrons. The lowest BCUT2D eigenvalue weighted by Crippen LogP contribution is -2.29. The van der Waals surface area contributed by atoms with E-state index in [1.54, 1.807) is 30.3 Å². The van der Waals surface area contributed by atoms with Gasteiger partial charge < -0.3 is 10.5 Å². The predicted octanol–water partition coefficient (Wildman–Crippen LogP) is 5.86. The van der Waals surface area contributed by atoms with Crippen molar-refractivity contribution in [2.75, 3.05) is 0 Å². The van der Waals surface area contributed by atoms with Crippen LogP contribution in [-0.2, 0) is 9.53 Å². The highest BCUT2D eigenvalue weighted by Gasteiger charge is 2.41. The van der Waals surface area contributed by atoms with Crippen LogP contribution in [0.1, 0.15) is 35.8 Å². The van der Waals surface area contributed by atoms with Crippen molar-refractivity contribution in [2.24, 2.45) is 5.73 Å². The number of rotatable bonds is 2. The van der Waals surface area contributed by atoms with E-state index in [1.165, 1.54) is 0 Å². The number of carbonyl (C=O) groups excluding carboxylic acids is 1. The summed E-state index contributed by atoms with van der Waals surface area (Å²) in [6.07, 6.45) is 0.806. The summed E-state index contributed by atoms with van der Waals surface area (Å²) in [5.41, 5.74) is 8.38. The van der Waals surface area contributed by atoms with Crippen LogP contribution in [0.25, 0.3) is 0 Å². The number of allylic oxidation sites excluding steroid dienone is 3. The number of ether oxygens (including phenoxy) is 1. The lowest BCUT2D eigenvalue weighted by Gasteiger charge is -2.34. The number of benzene rings is 2. The fourth-order valence-corrected chi connectivity index (χ4v) is 4.34. The van der Waals surface area contributed by atoms with Crippen molar-refractivity contribution in [3.8, 4) is 6.07 Å². The van der Waals surface area contributed by atoms with Crippen LogP contribution in [0.3, 0.4) is 0 Å². The molecule has 0 bridgehead atoms. The Morgan fingerprint density at radius 2 is 1.69 bits per heavy atom. The molecule has 0 spiro atoms. The molecule has 2 aromatic carbocycles. The Morgan fingerprint density at radius 3 is 2.34 bits per heavy atom. The average Bonchev–Trinajstić information content (AvgIpc) is 2.69. The number of nitrogens with zero attached hydrogens (tertiary/aromatic N) is 1. The van der Waals surface area contributed by atoms with Crippen LogP contribution < -0.4 is 5.73 Å². The summed E-state index contributed by atoms with van der Waals surface area (Å²) in [4.78, 5) is 13.2. The minimum absolute atomic E-state index is 0.00637. The third kappa shape index (κ3) is 3.62. The SMILES string of the molecule is N#CC1=C(N)OC2=C(C(=O)C[C@@H](c3ccc(Cl)cc3)C2)[C@@H]1c1ccc(Cl)c(Cl)c1. The maximum absolute atomic E-state index is 13.2. The predicted molar refractivity (Wildman–Crippen MR) is 113 cm³/mol. The van der Waals surface area contributed by atoms with Crippen LogP contribution >= 0.6 is 34.8 Å². The number of hydrogen-bond donors (Lipinski definition) is 1. The molecule has 4 rings (SSSR count). The summed E-state index contributed by atoms with van der Waals surface area (Å²) in [5, 5.41) is 11.0. The number of ketones is 1. The zero-order valence-corrected chi connectivity index (χ0v) is 17.4. The Labute approximate surface area is 183 Å². The van der Waals surface area contributed by atoms with E-state index >= 15 is 0 Å². The van der Waals surface area contributed by atoms with Gasteiger partial charge in [0.05, 0.1) is 16.0 Å². The van der Waals surface area contributed by atoms with Gasteiger partial charge in [0, 0.05) is 23.4 Å².